The maximum absolute atomic E-state index is 4.45. The summed E-state index contributed by atoms with van der Waals surface area (Å²) >= 11 is 0. The van der Waals surface area contributed by atoms with Gasteiger partial charge >= 0.3 is 0 Å². The zero-order valence-corrected chi connectivity index (χ0v) is 10.8. The minimum absolute atomic E-state index is 0.422. The first-order valence-electron chi connectivity index (χ1n) is 5.96. The first-order chi connectivity index (χ1) is 8.08. The van der Waals surface area contributed by atoms with Gasteiger partial charge in [0.15, 0.2) is 0 Å². The molecule has 0 amide bonds. The van der Waals surface area contributed by atoms with Crippen LogP contribution >= 0.6 is 0 Å². The third-order valence-corrected chi connectivity index (χ3v) is 2.73. The number of nitrogens with zero attached hydrogens (tertiary/aromatic N) is 4. The van der Waals surface area contributed by atoms with Crippen molar-refractivity contribution in [3.8, 4) is 5.95 Å². The Labute approximate surface area is 102 Å². The summed E-state index contributed by atoms with van der Waals surface area (Å²) in [6.07, 6.45) is 5.63. The standard InChI is InChI=1S/C13H18N4/c1-9(2)11-7-14-13(15-8-11)17-6-5-12(16-17)10(3)4/h5-10H,1-4H3. The van der Waals surface area contributed by atoms with Gasteiger partial charge in [-0.3, -0.25) is 0 Å². The summed E-state index contributed by atoms with van der Waals surface area (Å²) in [5, 5.41) is 4.45. The average molecular weight is 230 g/mol. The largest absolute Gasteiger partial charge is 0.250 e. The number of aromatic nitrogens is 4. The van der Waals surface area contributed by atoms with Crippen LogP contribution < -0.4 is 0 Å². The lowest BCUT2D eigenvalue weighted by Crippen LogP contribution is -2.03. The van der Waals surface area contributed by atoms with E-state index in [0.29, 0.717) is 17.8 Å². The first kappa shape index (κ1) is 11.8. The quantitative estimate of drug-likeness (QED) is 0.814. The molecule has 0 bridgehead atoms. The van der Waals surface area contributed by atoms with Gasteiger partial charge in [0.05, 0.1) is 5.69 Å². The second-order valence-corrected chi connectivity index (χ2v) is 4.81. The van der Waals surface area contributed by atoms with Crippen molar-refractivity contribution in [1.29, 1.82) is 0 Å². The molecule has 0 N–H and O–H groups in total. The van der Waals surface area contributed by atoms with E-state index in [1.165, 1.54) is 0 Å². The molecule has 4 heteroatoms. The third-order valence-electron chi connectivity index (χ3n) is 2.73. The van der Waals surface area contributed by atoms with E-state index in [-0.39, 0.29) is 0 Å². The summed E-state index contributed by atoms with van der Waals surface area (Å²) in [5.41, 5.74) is 2.20. The van der Waals surface area contributed by atoms with Gasteiger partial charge in [0, 0.05) is 18.6 Å². The Morgan fingerprint density at radius 2 is 1.65 bits per heavy atom. The molecule has 0 aliphatic carbocycles. The molecule has 0 fully saturated rings. The van der Waals surface area contributed by atoms with Crippen LogP contribution in [0.25, 0.3) is 5.95 Å². The van der Waals surface area contributed by atoms with Crippen LogP contribution in [0.1, 0.15) is 50.8 Å². The van der Waals surface area contributed by atoms with Crippen molar-refractivity contribution in [3.05, 3.63) is 35.9 Å². The second kappa shape index (κ2) is 4.65. The average Bonchev–Trinajstić information content (AvgIpc) is 2.78. The van der Waals surface area contributed by atoms with Crippen LogP contribution in [-0.2, 0) is 0 Å². The Balaban J connectivity index is 2.27. The highest BCUT2D eigenvalue weighted by atomic mass is 15.3. The zero-order chi connectivity index (χ0) is 12.4. The van der Waals surface area contributed by atoms with E-state index in [9.17, 15) is 0 Å². The number of hydrogen-bond donors (Lipinski definition) is 0. The zero-order valence-electron chi connectivity index (χ0n) is 10.8. The Hall–Kier alpha value is -1.71. The molecule has 17 heavy (non-hydrogen) atoms. The van der Waals surface area contributed by atoms with E-state index < -0.39 is 0 Å². The molecule has 2 heterocycles. The predicted octanol–water partition coefficient (Wildman–Crippen LogP) is 2.91. The fourth-order valence-corrected chi connectivity index (χ4v) is 1.51. The lowest BCUT2D eigenvalue weighted by molar-refractivity contribution is 0.736. The van der Waals surface area contributed by atoms with Gasteiger partial charge in [0.2, 0.25) is 5.95 Å². The molecule has 2 rings (SSSR count). The smallest absolute Gasteiger partial charge is 0.219 e. The molecule has 2 aromatic heterocycles. The third kappa shape index (κ3) is 2.52. The van der Waals surface area contributed by atoms with Crippen LogP contribution in [0.3, 0.4) is 0 Å². The molecule has 0 saturated carbocycles. The maximum Gasteiger partial charge on any atom is 0.250 e. The molecule has 0 radical (unpaired) electrons. The molecule has 2 aromatic rings. The maximum atomic E-state index is 4.45. The molecule has 0 spiro atoms. The molecular weight excluding hydrogens is 212 g/mol. The summed E-state index contributed by atoms with van der Waals surface area (Å²) in [7, 11) is 0. The lowest BCUT2D eigenvalue weighted by atomic mass is 10.1. The monoisotopic (exact) mass is 230 g/mol. The molecule has 90 valence electrons. The highest BCUT2D eigenvalue weighted by Gasteiger charge is 2.07. The summed E-state index contributed by atoms with van der Waals surface area (Å²) in [6, 6.07) is 2.00. The van der Waals surface area contributed by atoms with Crippen molar-refractivity contribution in [2.75, 3.05) is 0 Å². The van der Waals surface area contributed by atoms with E-state index in [1.807, 2.05) is 24.7 Å². The molecule has 0 atom stereocenters. The van der Waals surface area contributed by atoms with Crippen molar-refractivity contribution < 1.29 is 0 Å². The van der Waals surface area contributed by atoms with E-state index in [2.05, 4.69) is 42.8 Å². The normalized spacial score (nSPS) is 11.4. The Kier molecular flexibility index (Phi) is 3.22. The van der Waals surface area contributed by atoms with E-state index >= 15 is 0 Å². The van der Waals surface area contributed by atoms with Crippen LogP contribution in [0.5, 0.6) is 0 Å². The molecular formula is C13H18N4. The first-order valence-corrected chi connectivity index (χ1v) is 5.96. The van der Waals surface area contributed by atoms with Gasteiger partial charge in [-0.1, -0.05) is 27.7 Å². The van der Waals surface area contributed by atoms with Crippen molar-refractivity contribution in [2.24, 2.45) is 0 Å². The van der Waals surface area contributed by atoms with Crippen LogP contribution in [0.2, 0.25) is 0 Å². The lowest BCUT2D eigenvalue weighted by Gasteiger charge is -2.05. The van der Waals surface area contributed by atoms with Crippen molar-refractivity contribution in [2.45, 2.75) is 39.5 Å². The highest BCUT2D eigenvalue weighted by molar-refractivity contribution is 5.17. The molecule has 0 saturated heterocycles. The van der Waals surface area contributed by atoms with Gasteiger partial charge in [-0.05, 0) is 23.5 Å². The molecule has 4 nitrogen and oxygen atoms in total. The van der Waals surface area contributed by atoms with Crippen molar-refractivity contribution >= 4 is 0 Å². The molecule has 0 unspecified atom stereocenters. The van der Waals surface area contributed by atoms with Gasteiger partial charge in [-0.2, -0.15) is 5.10 Å². The minimum atomic E-state index is 0.422. The summed E-state index contributed by atoms with van der Waals surface area (Å²) in [6.45, 7) is 8.50. The van der Waals surface area contributed by atoms with Gasteiger partial charge in [0.25, 0.3) is 0 Å². The van der Waals surface area contributed by atoms with Gasteiger partial charge in [-0.15, -0.1) is 0 Å². The SMILES string of the molecule is CC(C)c1cnc(-n2ccc(C(C)C)n2)nc1. The van der Waals surface area contributed by atoms with Crippen LogP contribution in [0, 0.1) is 0 Å². The van der Waals surface area contributed by atoms with E-state index in [0.717, 1.165) is 11.3 Å². The summed E-state index contributed by atoms with van der Waals surface area (Å²) in [5.74, 6) is 1.50. The van der Waals surface area contributed by atoms with E-state index in [4.69, 9.17) is 0 Å². The topological polar surface area (TPSA) is 43.6 Å². The summed E-state index contributed by atoms with van der Waals surface area (Å²) in [4.78, 5) is 8.66. The fourth-order valence-electron chi connectivity index (χ4n) is 1.51. The predicted molar refractivity (Wildman–Crippen MR) is 67.3 cm³/mol. The second-order valence-electron chi connectivity index (χ2n) is 4.81. The fraction of sp³-hybridized carbons (Fsp3) is 0.462. The van der Waals surface area contributed by atoms with Gasteiger partial charge in [0.1, 0.15) is 0 Å². The van der Waals surface area contributed by atoms with Crippen LogP contribution in [-0.4, -0.2) is 19.7 Å². The molecule has 0 aromatic carbocycles. The minimum Gasteiger partial charge on any atom is -0.219 e. The van der Waals surface area contributed by atoms with Crippen molar-refractivity contribution in [1.82, 2.24) is 19.7 Å². The van der Waals surface area contributed by atoms with Crippen molar-refractivity contribution in [3.63, 3.8) is 0 Å². The highest BCUT2D eigenvalue weighted by Crippen LogP contribution is 2.14. The van der Waals surface area contributed by atoms with Crippen LogP contribution in [0.4, 0.5) is 0 Å². The van der Waals surface area contributed by atoms with Gasteiger partial charge < -0.3 is 0 Å². The van der Waals surface area contributed by atoms with Gasteiger partial charge in [-0.25, -0.2) is 14.6 Å². The molecule has 0 aliphatic rings. The Morgan fingerprint density at radius 1 is 1.00 bits per heavy atom. The van der Waals surface area contributed by atoms with Crippen LogP contribution in [0.15, 0.2) is 24.7 Å². The number of hydrogen-bond acceptors (Lipinski definition) is 3. The number of rotatable bonds is 3. The summed E-state index contributed by atoms with van der Waals surface area (Å²) < 4.78 is 1.72. The Morgan fingerprint density at radius 3 is 2.12 bits per heavy atom. The van der Waals surface area contributed by atoms with E-state index in [1.54, 1.807) is 4.68 Å². The molecule has 0 aliphatic heterocycles. The Bertz CT molecular complexity index is 482.